The van der Waals surface area contributed by atoms with Gasteiger partial charge in [-0.05, 0) is 67.8 Å². The van der Waals surface area contributed by atoms with Gasteiger partial charge in [0, 0.05) is 16.7 Å². The molecular weight excluding hydrogens is 593 g/mol. The second-order valence-corrected chi connectivity index (χ2v) is 12.9. The van der Waals surface area contributed by atoms with Crippen LogP contribution in [0, 0.1) is 0 Å². The van der Waals surface area contributed by atoms with Crippen LogP contribution in [0.3, 0.4) is 0 Å². The minimum atomic E-state index is -0.402. The lowest BCUT2D eigenvalue weighted by atomic mass is 9.70. The predicted molar refractivity (Wildman–Crippen MR) is 200 cm³/mol. The van der Waals surface area contributed by atoms with Crippen LogP contribution < -0.4 is 0 Å². The molecule has 2 aliphatic rings. The van der Waals surface area contributed by atoms with Gasteiger partial charge in [0.25, 0.3) is 0 Å². The van der Waals surface area contributed by atoms with Crippen LogP contribution in [0.5, 0.6) is 0 Å². The van der Waals surface area contributed by atoms with E-state index in [0.29, 0.717) is 0 Å². The summed E-state index contributed by atoms with van der Waals surface area (Å²) in [5.41, 5.74) is 17.4. The van der Waals surface area contributed by atoms with E-state index in [1.165, 1.54) is 55.6 Å². The summed E-state index contributed by atoms with van der Waals surface area (Å²) in [6.45, 7) is 0. The quantitative estimate of drug-likeness (QED) is 0.195. The fourth-order valence-corrected chi connectivity index (χ4v) is 8.18. The number of hydrogen-bond acceptors (Lipinski definition) is 2. The van der Waals surface area contributed by atoms with Gasteiger partial charge in [0.15, 0.2) is 5.82 Å². The van der Waals surface area contributed by atoms with Crippen molar-refractivity contribution in [3.63, 3.8) is 0 Å². The molecule has 0 bridgehead atoms. The van der Waals surface area contributed by atoms with Gasteiger partial charge in [-0.1, -0.05) is 170 Å². The lowest BCUT2D eigenvalue weighted by molar-refractivity contribution is 0.794. The Kier molecular flexibility index (Phi) is 6.13. The van der Waals surface area contributed by atoms with E-state index in [0.717, 1.165) is 33.9 Å². The molecule has 0 saturated heterocycles. The van der Waals surface area contributed by atoms with E-state index in [2.05, 4.69) is 164 Å². The van der Waals surface area contributed by atoms with Crippen molar-refractivity contribution in [3.8, 4) is 67.3 Å². The Hall–Kier alpha value is -6.38. The minimum absolute atomic E-state index is 0.402. The van der Waals surface area contributed by atoms with Crippen molar-refractivity contribution in [3.05, 3.63) is 204 Å². The first kappa shape index (κ1) is 27.7. The molecule has 1 spiro atoms. The van der Waals surface area contributed by atoms with E-state index >= 15 is 0 Å². The maximum Gasteiger partial charge on any atom is 0.160 e. The molecule has 2 aliphatic carbocycles. The van der Waals surface area contributed by atoms with Gasteiger partial charge in [0.1, 0.15) is 0 Å². The average Bonchev–Trinajstić information content (AvgIpc) is 3.66. The Morgan fingerprint density at radius 1 is 0.286 bits per heavy atom. The molecular formula is C47H30N2. The summed E-state index contributed by atoms with van der Waals surface area (Å²) in [5, 5.41) is 0. The van der Waals surface area contributed by atoms with Crippen LogP contribution in [0.1, 0.15) is 22.3 Å². The Balaban J connectivity index is 1.18. The molecule has 2 heteroatoms. The lowest BCUT2D eigenvalue weighted by Gasteiger charge is -2.30. The third-order valence-corrected chi connectivity index (χ3v) is 10.3. The van der Waals surface area contributed by atoms with Crippen LogP contribution in [0.2, 0.25) is 0 Å². The van der Waals surface area contributed by atoms with Gasteiger partial charge in [-0.15, -0.1) is 0 Å². The number of nitrogens with zero attached hydrogens (tertiary/aromatic N) is 2. The Labute approximate surface area is 286 Å². The van der Waals surface area contributed by atoms with Crippen LogP contribution in [-0.4, -0.2) is 9.97 Å². The molecule has 0 aliphatic heterocycles. The van der Waals surface area contributed by atoms with Crippen LogP contribution in [-0.2, 0) is 5.41 Å². The molecule has 8 aromatic rings. The molecule has 228 valence electrons. The highest BCUT2D eigenvalue weighted by atomic mass is 14.9. The van der Waals surface area contributed by atoms with Gasteiger partial charge in [-0.25, -0.2) is 9.97 Å². The molecule has 1 heterocycles. The predicted octanol–water partition coefficient (Wildman–Crippen LogP) is 11.5. The van der Waals surface area contributed by atoms with Gasteiger partial charge in [-0.3, -0.25) is 0 Å². The molecule has 0 atom stereocenters. The molecule has 2 nitrogen and oxygen atoms in total. The van der Waals surface area contributed by atoms with Crippen molar-refractivity contribution >= 4 is 0 Å². The van der Waals surface area contributed by atoms with Gasteiger partial charge in [0.05, 0.1) is 16.8 Å². The van der Waals surface area contributed by atoms with Gasteiger partial charge >= 0.3 is 0 Å². The molecule has 0 amide bonds. The van der Waals surface area contributed by atoms with Crippen molar-refractivity contribution < 1.29 is 0 Å². The third kappa shape index (κ3) is 4.14. The Morgan fingerprint density at radius 2 is 0.694 bits per heavy atom. The summed E-state index contributed by atoms with van der Waals surface area (Å²) < 4.78 is 0. The minimum Gasteiger partial charge on any atom is -0.228 e. The Bertz CT molecular complexity index is 2470. The third-order valence-electron chi connectivity index (χ3n) is 10.3. The highest BCUT2D eigenvalue weighted by Crippen LogP contribution is 2.63. The van der Waals surface area contributed by atoms with E-state index in [1.807, 2.05) is 18.2 Å². The second-order valence-electron chi connectivity index (χ2n) is 12.9. The maximum absolute atomic E-state index is 5.23. The lowest BCUT2D eigenvalue weighted by Crippen LogP contribution is -2.25. The van der Waals surface area contributed by atoms with E-state index < -0.39 is 5.41 Å². The highest BCUT2D eigenvalue weighted by molar-refractivity contribution is 5.96. The fraction of sp³-hybridized carbons (Fsp3) is 0.0213. The SMILES string of the molecule is c1ccc(-c2ccc(-c3cc(-c4ccc5c(c4)C4(c6ccccc6-c6ccccc64)c4ccccc4-5)nc(-c4ccccc4)n3)cc2)cc1. The van der Waals surface area contributed by atoms with Crippen LogP contribution in [0.25, 0.3) is 67.3 Å². The van der Waals surface area contributed by atoms with Crippen molar-refractivity contribution in [1.82, 2.24) is 9.97 Å². The van der Waals surface area contributed by atoms with Crippen molar-refractivity contribution in [2.45, 2.75) is 5.41 Å². The number of benzene rings is 7. The number of aromatic nitrogens is 2. The summed E-state index contributed by atoms with van der Waals surface area (Å²) in [6, 6.07) is 65.4. The zero-order valence-electron chi connectivity index (χ0n) is 26.7. The van der Waals surface area contributed by atoms with E-state index in [9.17, 15) is 0 Å². The highest BCUT2D eigenvalue weighted by Gasteiger charge is 2.51. The molecule has 0 saturated carbocycles. The van der Waals surface area contributed by atoms with Crippen molar-refractivity contribution in [1.29, 1.82) is 0 Å². The second kappa shape index (κ2) is 10.8. The fourth-order valence-electron chi connectivity index (χ4n) is 8.18. The van der Waals surface area contributed by atoms with E-state index in [1.54, 1.807) is 0 Å². The zero-order chi connectivity index (χ0) is 32.4. The topological polar surface area (TPSA) is 25.8 Å². The van der Waals surface area contributed by atoms with Crippen LogP contribution in [0.15, 0.2) is 182 Å². The summed E-state index contributed by atoms with van der Waals surface area (Å²) >= 11 is 0. The average molecular weight is 623 g/mol. The number of hydrogen-bond donors (Lipinski definition) is 0. The van der Waals surface area contributed by atoms with Crippen molar-refractivity contribution in [2.75, 3.05) is 0 Å². The van der Waals surface area contributed by atoms with Crippen LogP contribution in [0.4, 0.5) is 0 Å². The van der Waals surface area contributed by atoms with Gasteiger partial charge in [0.2, 0.25) is 0 Å². The first-order chi connectivity index (χ1) is 24.3. The Morgan fingerprint density at radius 3 is 1.27 bits per heavy atom. The van der Waals surface area contributed by atoms with E-state index in [4.69, 9.17) is 9.97 Å². The van der Waals surface area contributed by atoms with Gasteiger partial charge in [-0.2, -0.15) is 0 Å². The molecule has 0 unspecified atom stereocenters. The van der Waals surface area contributed by atoms with Crippen molar-refractivity contribution in [2.24, 2.45) is 0 Å². The summed E-state index contributed by atoms with van der Waals surface area (Å²) in [5.74, 6) is 0.718. The smallest absolute Gasteiger partial charge is 0.160 e. The molecule has 1 aromatic heterocycles. The number of rotatable bonds is 4. The summed E-state index contributed by atoms with van der Waals surface area (Å²) in [7, 11) is 0. The summed E-state index contributed by atoms with van der Waals surface area (Å²) in [6.07, 6.45) is 0. The first-order valence-corrected chi connectivity index (χ1v) is 16.8. The van der Waals surface area contributed by atoms with Gasteiger partial charge < -0.3 is 0 Å². The zero-order valence-corrected chi connectivity index (χ0v) is 26.7. The molecule has 10 rings (SSSR count). The molecule has 0 radical (unpaired) electrons. The van der Waals surface area contributed by atoms with Crippen LogP contribution >= 0.6 is 0 Å². The number of fused-ring (bicyclic) bond motifs is 10. The van der Waals surface area contributed by atoms with E-state index in [-0.39, 0.29) is 0 Å². The first-order valence-electron chi connectivity index (χ1n) is 16.8. The monoisotopic (exact) mass is 622 g/mol. The summed E-state index contributed by atoms with van der Waals surface area (Å²) in [4.78, 5) is 10.4. The standard InChI is InChI=1S/C47H30N2/c1-3-13-31(14-4-1)32-23-25-33(26-24-32)44-30-45(49-46(48-44)34-15-5-2-6-16-34)35-27-28-39-38-19-9-12-22-42(38)47(43(39)29-35)40-20-10-7-17-36(40)37-18-8-11-21-41(37)47/h1-30H. The normalized spacial score (nSPS) is 13.1. The molecule has 0 N–H and O–H groups in total. The molecule has 7 aromatic carbocycles. The maximum atomic E-state index is 5.23. The molecule has 49 heavy (non-hydrogen) atoms. The molecule has 0 fully saturated rings. The largest absolute Gasteiger partial charge is 0.228 e.